The molecule has 4 aromatic rings. The molecule has 13 nitrogen and oxygen atoms in total. The van der Waals surface area contributed by atoms with E-state index in [0.717, 1.165) is 17.4 Å². The third-order valence-electron chi connectivity index (χ3n) is 5.69. The fourth-order valence-corrected chi connectivity index (χ4v) is 3.78. The van der Waals surface area contributed by atoms with E-state index in [1.54, 1.807) is 28.8 Å². The molecule has 1 saturated carbocycles. The number of H-pyrrole nitrogens is 1. The van der Waals surface area contributed by atoms with Crippen molar-refractivity contribution in [2.24, 2.45) is 10.7 Å². The predicted molar refractivity (Wildman–Crippen MR) is 136 cm³/mol. The number of hydrogen-bond acceptors (Lipinski definition) is 10. The van der Waals surface area contributed by atoms with Crippen molar-refractivity contribution in [3.8, 4) is 11.9 Å². The summed E-state index contributed by atoms with van der Waals surface area (Å²) < 4.78 is 7.37. The lowest BCUT2D eigenvalue weighted by atomic mass is 10.2. The second kappa shape index (κ2) is 10.0. The van der Waals surface area contributed by atoms with Crippen molar-refractivity contribution in [2.75, 3.05) is 5.32 Å². The van der Waals surface area contributed by atoms with Gasteiger partial charge in [0, 0.05) is 11.3 Å². The molecule has 0 amide bonds. The van der Waals surface area contributed by atoms with Gasteiger partial charge >= 0.3 is 11.7 Å². The number of nitrogens with zero attached hydrogens (tertiary/aromatic N) is 6. The zero-order valence-corrected chi connectivity index (χ0v) is 20.8. The molecule has 194 valence electrons. The largest absolute Gasteiger partial charge is 0.493 e. The average Bonchev–Trinajstić information content (AvgIpc) is 3.55. The standard InChI is InChI=1S/C24H22ClN9O4/c1-12(27)23(36)38-11-33-22(35)18(31-24(33)37)7-14-10-28-34-20(29-15-3-4-15)8-19(32-21(14)34)30-17-5-2-13(9-26)6-16(17)25/h2,5-8,10,12,15,30,35H,3-4,11,27H2,1H3,(H,31,37)/b14-7+,29-20?. The zero-order chi connectivity index (χ0) is 27.0. The van der Waals surface area contributed by atoms with Crippen LogP contribution in [0.2, 0.25) is 5.02 Å². The monoisotopic (exact) mass is 535 g/mol. The summed E-state index contributed by atoms with van der Waals surface area (Å²) in [6.07, 6.45) is 4.97. The average molecular weight is 536 g/mol. The van der Waals surface area contributed by atoms with E-state index in [2.05, 4.69) is 20.4 Å². The Morgan fingerprint density at radius 2 is 2.26 bits per heavy atom. The van der Waals surface area contributed by atoms with Crippen LogP contribution in [0.5, 0.6) is 5.88 Å². The van der Waals surface area contributed by atoms with Crippen molar-refractivity contribution < 1.29 is 14.6 Å². The summed E-state index contributed by atoms with van der Waals surface area (Å²) in [4.78, 5) is 35.9. The Labute approximate surface area is 219 Å². The van der Waals surface area contributed by atoms with Crippen LogP contribution in [0, 0.1) is 11.3 Å². The number of imidazole rings is 1. The maximum atomic E-state index is 12.4. The summed E-state index contributed by atoms with van der Waals surface area (Å²) >= 11 is 6.33. The maximum Gasteiger partial charge on any atom is 0.331 e. The third-order valence-corrected chi connectivity index (χ3v) is 6.01. The molecule has 1 aliphatic rings. The first-order chi connectivity index (χ1) is 18.2. The SMILES string of the molecule is CC(N)C(=O)OCn1c(O)c(/C=c2\cnn3c(=NC4CC4)cc(Nc4ccc(C#N)cc4Cl)nc23)[nH]c1=O. The van der Waals surface area contributed by atoms with Crippen LogP contribution in [0.3, 0.4) is 0 Å². The van der Waals surface area contributed by atoms with Crippen molar-refractivity contribution in [3.05, 3.63) is 67.9 Å². The number of nitriles is 1. The molecule has 0 saturated heterocycles. The molecular weight excluding hydrogens is 514 g/mol. The van der Waals surface area contributed by atoms with E-state index < -0.39 is 30.3 Å². The highest BCUT2D eigenvalue weighted by molar-refractivity contribution is 6.33. The van der Waals surface area contributed by atoms with E-state index in [1.807, 2.05) is 6.07 Å². The molecule has 1 aromatic carbocycles. The molecule has 1 atom stereocenters. The summed E-state index contributed by atoms with van der Waals surface area (Å²) in [5.74, 6) is -0.727. The third kappa shape index (κ3) is 5.08. The number of carbonyl (C=O) groups is 1. The number of halogens is 1. The number of fused-ring (bicyclic) bond motifs is 1. The Hall–Kier alpha value is -4.67. The van der Waals surface area contributed by atoms with Crippen molar-refractivity contribution in [1.29, 1.82) is 5.26 Å². The van der Waals surface area contributed by atoms with Gasteiger partial charge in [-0.1, -0.05) is 11.6 Å². The van der Waals surface area contributed by atoms with Gasteiger partial charge in [0.25, 0.3) is 0 Å². The molecule has 5 rings (SSSR count). The normalized spacial score (nSPS) is 15.0. The number of nitrogens with one attached hydrogen (secondary N) is 2. The molecule has 38 heavy (non-hydrogen) atoms. The number of aromatic hydroxyl groups is 1. The van der Waals surface area contributed by atoms with Gasteiger partial charge in [0.1, 0.15) is 17.6 Å². The van der Waals surface area contributed by atoms with E-state index in [0.29, 0.717) is 38.4 Å². The Morgan fingerprint density at radius 1 is 1.47 bits per heavy atom. The van der Waals surface area contributed by atoms with Gasteiger partial charge in [0.05, 0.1) is 34.6 Å². The minimum Gasteiger partial charge on any atom is -0.493 e. The number of esters is 1. The summed E-state index contributed by atoms with van der Waals surface area (Å²) in [6.45, 7) is 0.938. The number of ether oxygens (including phenoxy) is 1. The van der Waals surface area contributed by atoms with Crippen LogP contribution in [-0.4, -0.2) is 47.3 Å². The Balaban J connectivity index is 1.57. The summed E-state index contributed by atoms with van der Waals surface area (Å²) in [6, 6.07) is 7.95. The van der Waals surface area contributed by atoms with E-state index in [9.17, 15) is 14.7 Å². The zero-order valence-electron chi connectivity index (χ0n) is 20.1. The van der Waals surface area contributed by atoms with Crippen molar-refractivity contribution in [2.45, 2.75) is 38.6 Å². The molecule has 3 aromatic heterocycles. The molecule has 1 unspecified atom stereocenters. The first-order valence-electron chi connectivity index (χ1n) is 11.6. The van der Waals surface area contributed by atoms with Gasteiger partial charge < -0.3 is 25.9 Å². The lowest BCUT2D eigenvalue weighted by molar-refractivity contribution is -0.148. The fourth-order valence-electron chi connectivity index (χ4n) is 3.55. The molecule has 0 spiro atoms. The van der Waals surface area contributed by atoms with Crippen LogP contribution in [0.15, 0.2) is 40.2 Å². The minimum atomic E-state index is -0.875. The van der Waals surface area contributed by atoms with Crippen molar-refractivity contribution in [3.63, 3.8) is 0 Å². The lowest BCUT2D eigenvalue weighted by Crippen LogP contribution is -2.30. The van der Waals surface area contributed by atoms with E-state index in [1.165, 1.54) is 19.2 Å². The molecule has 5 N–H and O–H groups in total. The molecule has 0 aliphatic heterocycles. The van der Waals surface area contributed by atoms with E-state index in [4.69, 9.17) is 32.3 Å². The van der Waals surface area contributed by atoms with E-state index in [-0.39, 0.29) is 11.7 Å². The minimum absolute atomic E-state index is 0.0673. The van der Waals surface area contributed by atoms with Crippen LogP contribution >= 0.6 is 11.6 Å². The highest BCUT2D eigenvalue weighted by Crippen LogP contribution is 2.26. The molecule has 14 heteroatoms. The van der Waals surface area contributed by atoms with Gasteiger partial charge in [0.15, 0.2) is 17.9 Å². The number of benzene rings is 1. The molecule has 0 bridgehead atoms. The molecule has 1 fully saturated rings. The number of aromatic nitrogens is 5. The van der Waals surface area contributed by atoms with E-state index >= 15 is 0 Å². The number of nitrogens with two attached hydrogens (primary N) is 1. The summed E-state index contributed by atoms with van der Waals surface area (Å²) in [7, 11) is 0. The van der Waals surface area contributed by atoms with Crippen LogP contribution in [0.25, 0.3) is 11.7 Å². The van der Waals surface area contributed by atoms with Gasteiger partial charge in [-0.3, -0.25) is 9.79 Å². The smallest absolute Gasteiger partial charge is 0.331 e. The van der Waals surface area contributed by atoms with Gasteiger partial charge in [-0.2, -0.15) is 14.9 Å². The second-order valence-corrected chi connectivity index (χ2v) is 9.15. The quantitative estimate of drug-likeness (QED) is 0.246. The highest BCUT2D eigenvalue weighted by atomic mass is 35.5. The number of anilines is 2. The first kappa shape index (κ1) is 25.0. The second-order valence-electron chi connectivity index (χ2n) is 8.75. The number of rotatable bonds is 7. The Bertz CT molecular complexity index is 1780. The number of hydrogen-bond donors (Lipinski definition) is 4. The molecule has 0 radical (unpaired) electrons. The molecular formula is C24H22ClN9O4. The van der Waals surface area contributed by atoms with Crippen molar-refractivity contribution >= 4 is 40.8 Å². The highest BCUT2D eigenvalue weighted by Gasteiger charge is 2.21. The van der Waals surface area contributed by atoms with Crippen LogP contribution in [-0.2, 0) is 16.3 Å². The van der Waals surface area contributed by atoms with Gasteiger partial charge in [0.2, 0.25) is 5.88 Å². The lowest BCUT2D eigenvalue weighted by Gasteiger charge is -2.08. The first-order valence-corrected chi connectivity index (χ1v) is 12.0. The maximum absolute atomic E-state index is 12.4. The number of aromatic amines is 1. The fraction of sp³-hybridized carbons (Fsp3) is 0.250. The molecule has 3 heterocycles. The van der Waals surface area contributed by atoms with Crippen molar-refractivity contribution in [1.82, 2.24) is 24.1 Å². The Kier molecular flexibility index (Phi) is 6.58. The Morgan fingerprint density at radius 3 is 2.95 bits per heavy atom. The summed E-state index contributed by atoms with van der Waals surface area (Å²) in [5, 5.41) is 28.1. The topological polar surface area (TPSA) is 189 Å². The van der Waals surface area contributed by atoms with Gasteiger partial charge in [-0.25, -0.2) is 14.3 Å². The number of carbonyl (C=O) groups excluding carboxylic acids is 1. The predicted octanol–water partition coefficient (Wildman–Crippen LogP) is 0.652. The van der Waals surface area contributed by atoms with Gasteiger partial charge in [-0.05, 0) is 44.0 Å². The van der Waals surface area contributed by atoms with Crippen LogP contribution in [0.1, 0.15) is 31.0 Å². The van der Waals surface area contributed by atoms with Crippen LogP contribution in [0.4, 0.5) is 11.5 Å². The molecule has 1 aliphatic carbocycles. The van der Waals surface area contributed by atoms with Gasteiger partial charge in [-0.15, -0.1) is 0 Å². The summed E-state index contributed by atoms with van der Waals surface area (Å²) in [5.41, 5.74) is 6.78. The van der Waals surface area contributed by atoms with Crippen LogP contribution < -0.4 is 27.4 Å².